The molecule has 5 heteroatoms. The first-order chi connectivity index (χ1) is 9.53. The molecule has 0 spiro atoms. The number of thioether (sulfide) groups is 1. The third-order valence-electron chi connectivity index (χ3n) is 4.15. The fourth-order valence-electron chi connectivity index (χ4n) is 3.04. The lowest BCUT2D eigenvalue weighted by Crippen LogP contribution is -2.50. The van der Waals surface area contributed by atoms with E-state index in [1.165, 1.54) is 4.90 Å². The van der Waals surface area contributed by atoms with Crippen LogP contribution in [0.3, 0.4) is 0 Å². The van der Waals surface area contributed by atoms with Gasteiger partial charge in [-0.2, -0.15) is 0 Å². The van der Waals surface area contributed by atoms with Crippen LogP contribution >= 0.6 is 11.8 Å². The molecule has 1 amide bonds. The van der Waals surface area contributed by atoms with Gasteiger partial charge >= 0.3 is 5.97 Å². The van der Waals surface area contributed by atoms with Crippen molar-refractivity contribution in [1.82, 2.24) is 0 Å². The quantitative estimate of drug-likeness (QED) is 0.908. The minimum absolute atomic E-state index is 0.0580. The zero-order valence-corrected chi connectivity index (χ0v) is 12.2. The van der Waals surface area contributed by atoms with Crippen molar-refractivity contribution in [3.8, 4) is 0 Å². The molecule has 2 heterocycles. The van der Waals surface area contributed by atoms with Crippen molar-refractivity contribution in [2.24, 2.45) is 0 Å². The van der Waals surface area contributed by atoms with E-state index in [1.807, 2.05) is 31.2 Å². The van der Waals surface area contributed by atoms with Gasteiger partial charge in [0.25, 0.3) is 0 Å². The van der Waals surface area contributed by atoms with Gasteiger partial charge < -0.3 is 5.11 Å². The van der Waals surface area contributed by atoms with E-state index in [1.54, 1.807) is 11.8 Å². The molecule has 1 aromatic carbocycles. The smallest absolute Gasteiger partial charge is 0.327 e. The number of para-hydroxylation sites is 1. The summed E-state index contributed by atoms with van der Waals surface area (Å²) in [4.78, 5) is 25.9. The number of carbonyl (C=O) groups is 2. The van der Waals surface area contributed by atoms with Crippen LogP contribution in [0.4, 0.5) is 5.69 Å². The van der Waals surface area contributed by atoms with Crippen LogP contribution in [0.15, 0.2) is 24.3 Å². The zero-order chi connectivity index (χ0) is 14.3. The largest absolute Gasteiger partial charge is 0.480 e. The molecule has 20 heavy (non-hydrogen) atoms. The molecule has 1 N–H and O–H groups in total. The summed E-state index contributed by atoms with van der Waals surface area (Å²) >= 11 is 1.64. The van der Waals surface area contributed by atoms with Crippen LogP contribution in [0.25, 0.3) is 0 Å². The number of fused-ring (bicyclic) bond motifs is 1. The number of hydrogen-bond donors (Lipinski definition) is 1. The fraction of sp³-hybridized carbons (Fsp3) is 0.467. The predicted molar refractivity (Wildman–Crippen MR) is 79.2 cm³/mol. The van der Waals surface area contributed by atoms with Crippen molar-refractivity contribution < 1.29 is 14.7 Å². The van der Waals surface area contributed by atoms with E-state index in [-0.39, 0.29) is 5.91 Å². The summed E-state index contributed by atoms with van der Waals surface area (Å²) in [5, 5.41) is 9.43. The van der Waals surface area contributed by atoms with Gasteiger partial charge in [0, 0.05) is 12.1 Å². The van der Waals surface area contributed by atoms with Crippen molar-refractivity contribution in [2.45, 2.75) is 37.0 Å². The summed E-state index contributed by atoms with van der Waals surface area (Å²) in [6.45, 7) is 1.94. The highest BCUT2D eigenvalue weighted by molar-refractivity contribution is 8.01. The Kier molecular flexibility index (Phi) is 3.24. The average Bonchev–Trinajstić information content (AvgIpc) is 3.02. The van der Waals surface area contributed by atoms with E-state index in [4.69, 9.17) is 0 Å². The average molecular weight is 291 g/mol. The van der Waals surface area contributed by atoms with Crippen LogP contribution in [-0.4, -0.2) is 33.5 Å². The van der Waals surface area contributed by atoms with Crippen LogP contribution in [0.2, 0.25) is 0 Å². The molecule has 3 rings (SSSR count). The van der Waals surface area contributed by atoms with E-state index in [9.17, 15) is 14.7 Å². The molecule has 2 aliphatic rings. The minimum atomic E-state index is -0.929. The van der Waals surface area contributed by atoms with Crippen LogP contribution in [-0.2, 0) is 16.0 Å². The Morgan fingerprint density at radius 3 is 2.80 bits per heavy atom. The second kappa shape index (κ2) is 4.81. The molecule has 1 saturated heterocycles. The molecule has 0 aromatic heterocycles. The maximum atomic E-state index is 12.9. The monoisotopic (exact) mass is 291 g/mol. The van der Waals surface area contributed by atoms with Crippen molar-refractivity contribution >= 4 is 29.3 Å². The molecule has 2 atom stereocenters. The second-order valence-electron chi connectivity index (χ2n) is 5.54. The summed E-state index contributed by atoms with van der Waals surface area (Å²) in [7, 11) is 0. The second-order valence-corrected chi connectivity index (χ2v) is 7.14. The lowest BCUT2D eigenvalue weighted by atomic mass is 10.0. The number of aliphatic carboxylic acids is 1. The van der Waals surface area contributed by atoms with Crippen molar-refractivity contribution in [2.75, 3.05) is 10.7 Å². The maximum absolute atomic E-state index is 12.9. The van der Waals surface area contributed by atoms with Crippen LogP contribution in [0, 0.1) is 0 Å². The number of hydrogen-bond acceptors (Lipinski definition) is 3. The molecule has 0 aliphatic carbocycles. The number of carboxylic acid groups (broad SMARTS) is 1. The van der Waals surface area contributed by atoms with Crippen molar-refractivity contribution in [3.63, 3.8) is 0 Å². The van der Waals surface area contributed by atoms with E-state index in [2.05, 4.69) is 0 Å². The molecule has 2 aliphatic heterocycles. The zero-order valence-electron chi connectivity index (χ0n) is 11.3. The molecule has 106 valence electrons. The first-order valence-electron chi connectivity index (χ1n) is 6.81. The number of amides is 1. The molecule has 4 nitrogen and oxygen atoms in total. The number of benzene rings is 1. The molecular weight excluding hydrogens is 274 g/mol. The van der Waals surface area contributed by atoms with Gasteiger partial charge in [0.2, 0.25) is 5.91 Å². The Labute approximate surface area is 122 Å². The normalized spacial score (nSPS) is 28.4. The van der Waals surface area contributed by atoms with Gasteiger partial charge in [-0.1, -0.05) is 18.2 Å². The Hall–Kier alpha value is -1.49. The van der Waals surface area contributed by atoms with Gasteiger partial charge in [0.1, 0.15) is 6.04 Å². The van der Waals surface area contributed by atoms with Crippen LogP contribution < -0.4 is 4.90 Å². The highest BCUT2D eigenvalue weighted by Crippen LogP contribution is 2.43. The topological polar surface area (TPSA) is 57.6 Å². The lowest BCUT2D eigenvalue weighted by Gasteiger charge is -2.31. The molecule has 1 fully saturated rings. The van der Waals surface area contributed by atoms with Gasteiger partial charge in [-0.25, -0.2) is 4.79 Å². The standard InChI is InChI=1S/C15H17NO3S/c1-15(7-4-8-20-15)14(19)16-11-6-3-2-5-10(11)9-12(16)13(17)18/h2-3,5-6,12H,4,7-9H2,1H3,(H,17,18)/t12-,15?/m0/s1. The highest BCUT2D eigenvalue weighted by Gasteiger charge is 2.47. The summed E-state index contributed by atoms with van der Waals surface area (Å²) < 4.78 is -0.481. The van der Waals surface area contributed by atoms with Crippen LogP contribution in [0.1, 0.15) is 25.3 Å². The fourth-order valence-corrected chi connectivity index (χ4v) is 4.29. The van der Waals surface area contributed by atoms with Gasteiger partial charge in [-0.3, -0.25) is 9.69 Å². The third-order valence-corrected chi connectivity index (χ3v) is 5.66. The Morgan fingerprint density at radius 1 is 1.40 bits per heavy atom. The van der Waals surface area contributed by atoms with E-state index in [0.717, 1.165) is 29.8 Å². The predicted octanol–water partition coefficient (Wildman–Crippen LogP) is 2.31. The summed E-state index contributed by atoms with van der Waals surface area (Å²) in [5.74, 6) is -0.0198. The Balaban J connectivity index is 2.00. The number of carboxylic acids is 1. The SMILES string of the molecule is CC1(C(=O)N2c3ccccc3C[C@H]2C(=O)O)CCCS1. The van der Waals surface area contributed by atoms with Gasteiger partial charge in [-0.15, -0.1) is 11.8 Å². The number of anilines is 1. The number of rotatable bonds is 2. The number of carbonyl (C=O) groups excluding carboxylic acids is 1. The van der Waals surface area contributed by atoms with E-state index >= 15 is 0 Å². The first kappa shape index (κ1) is 13.5. The maximum Gasteiger partial charge on any atom is 0.327 e. The van der Waals surface area contributed by atoms with E-state index in [0.29, 0.717) is 6.42 Å². The minimum Gasteiger partial charge on any atom is -0.480 e. The number of nitrogens with zero attached hydrogens (tertiary/aromatic N) is 1. The Bertz CT molecular complexity index is 566. The molecular formula is C15H17NO3S. The van der Waals surface area contributed by atoms with E-state index < -0.39 is 16.8 Å². The lowest BCUT2D eigenvalue weighted by molar-refractivity contribution is -0.140. The first-order valence-corrected chi connectivity index (χ1v) is 7.80. The van der Waals surface area contributed by atoms with Gasteiger partial charge in [0.05, 0.1) is 4.75 Å². The van der Waals surface area contributed by atoms with Crippen LogP contribution in [0.5, 0.6) is 0 Å². The molecule has 1 unspecified atom stereocenters. The third kappa shape index (κ3) is 2.00. The molecule has 1 aromatic rings. The van der Waals surface area contributed by atoms with Crippen molar-refractivity contribution in [3.05, 3.63) is 29.8 Å². The molecule has 0 bridgehead atoms. The Morgan fingerprint density at radius 2 is 2.15 bits per heavy atom. The van der Waals surface area contributed by atoms with Crippen molar-refractivity contribution in [1.29, 1.82) is 0 Å². The molecule has 0 radical (unpaired) electrons. The summed E-state index contributed by atoms with van der Waals surface area (Å²) in [5.41, 5.74) is 1.71. The van der Waals surface area contributed by atoms with Gasteiger partial charge in [0.15, 0.2) is 0 Å². The van der Waals surface area contributed by atoms with Gasteiger partial charge in [-0.05, 0) is 37.1 Å². The summed E-state index contributed by atoms with van der Waals surface area (Å²) in [6.07, 6.45) is 2.24. The summed E-state index contributed by atoms with van der Waals surface area (Å²) in [6, 6.07) is 6.73. The highest BCUT2D eigenvalue weighted by atomic mass is 32.2. The molecule has 0 saturated carbocycles.